The molecule has 0 spiro atoms. The molecule has 1 atom stereocenters. The molecule has 1 rings (SSSR count). The summed E-state index contributed by atoms with van der Waals surface area (Å²) in [6.07, 6.45) is 3.47. The van der Waals surface area contributed by atoms with E-state index in [1.54, 1.807) is 0 Å². The van der Waals surface area contributed by atoms with Crippen LogP contribution in [0.5, 0.6) is 0 Å². The van der Waals surface area contributed by atoms with Gasteiger partial charge in [-0.05, 0) is 51.9 Å². The second kappa shape index (κ2) is 7.42. The number of hydrogen-bond acceptors (Lipinski definition) is 2. The molecule has 1 aromatic rings. The highest BCUT2D eigenvalue weighted by Crippen LogP contribution is 2.05. The molecule has 0 aliphatic carbocycles. The monoisotopic (exact) mass is 220 g/mol. The van der Waals surface area contributed by atoms with Gasteiger partial charge in [0.1, 0.15) is 0 Å². The predicted molar refractivity (Wildman–Crippen MR) is 70.5 cm³/mol. The zero-order chi connectivity index (χ0) is 11.8. The number of hydrogen-bond donors (Lipinski definition) is 1. The Morgan fingerprint density at radius 1 is 1.25 bits per heavy atom. The lowest BCUT2D eigenvalue weighted by Crippen LogP contribution is -2.32. The Morgan fingerprint density at radius 3 is 2.56 bits per heavy atom. The Balaban J connectivity index is 2.20. The average Bonchev–Trinajstić information content (AvgIpc) is 2.30. The minimum atomic E-state index is 0.598. The first-order chi connectivity index (χ1) is 7.74. The van der Waals surface area contributed by atoms with Gasteiger partial charge in [-0.2, -0.15) is 0 Å². The highest BCUT2D eigenvalue weighted by atomic mass is 15.1. The molecule has 0 bridgehead atoms. The molecule has 0 saturated carbocycles. The van der Waals surface area contributed by atoms with Gasteiger partial charge in [0, 0.05) is 6.04 Å². The Morgan fingerprint density at radius 2 is 1.94 bits per heavy atom. The summed E-state index contributed by atoms with van der Waals surface area (Å²) < 4.78 is 0. The van der Waals surface area contributed by atoms with Gasteiger partial charge in [-0.3, -0.25) is 0 Å². The van der Waals surface area contributed by atoms with Crippen molar-refractivity contribution >= 4 is 0 Å². The maximum Gasteiger partial charge on any atom is 0.00758 e. The van der Waals surface area contributed by atoms with Crippen LogP contribution in [-0.2, 0) is 6.42 Å². The average molecular weight is 220 g/mol. The molecule has 0 aromatic heterocycles. The van der Waals surface area contributed by atoms with Gasteiger partial charge in [0.25, 0.3) is 0 Å². The zero-order valence-corrected chi connectivity index (χ0v) is 10.5. The van der Waals surface area contributed by atoms with Crippen LogP contribution in [-0.4, -0.2) is 31.1 Å². The Labute approximate surface area is 99.5 Å². The van der Waals surface area contributed by atoms with Gasteiger partial charge in [0.05, 0.1) is 0 Å². The first kappa shape index (κ1) is 13.2. The minimum Gasteiger partial charge on any atom is -0.330 e. The van der Waals surface area contributed by atoms with Crippen molar-refractivity contribution in [3.05, 3.63) is 35.9 Å². The molecular formula is C14H24N2. The fourth-order valence-electron chi connectivity index (χ4n) is 1.86. The number of aryl methyl sites for hydroxylation is 1. The van der Waals surface area contributed by atoms with E-state index in [0.29, 0.717) is 6.04 Å². The van der Waals surface area contributed by atoms with E-state index < -0.39 is 0 Å². The summed E-state index contributed by atoms with van der Waals surface area (Å²) in [5.41, 5.74) is 6.99. The van der Waals surface area contributed by atoms with Gasteiger partial charge in [0.2, 0.25) is 0 Å². The molecule has 0 saturated heterocycles. The van der Waals surface area contributed by atoms with Crippen molar-refractivity contribution in [2.45, 2.75) is 32.2 Å². The SMILES string of the molecule is CC(CCN)N(C)CCCc1ccccc1. The highest BCUT2D eigenvalue weighted by molar-refractivity contribution is 5.14. The quantitative estimate of drug-likeness (QED) is 0.764. The largest absolute Gasteiger partial charge is 0.330 e. The molecule has 0 radical (unpaired) electrons. The third kappa shape index (κ3) is 4.77. The van der Waals surface area contributed by atoms with E-state index in [2.05, 4.69) is 49.2 Å². The van der Waals surface area contributed by atoms with E-state index >= 15 is 0 Å². The lowest BCUT2D eigenvalue weighted by atomic mass is 10.1. The van der Waals surface area contributed by atoms with Crippen LogP contribution in [0.1, 0.15) is 25.3 Å². The fourth-order valence-corrected chi connectivity index (χ4v) is 1.86. The van der Waals surface area contributed by atoms with Crippen LogP contribution in [0.15, 0.2) is 30.3 Å². The Hall–Kier alpha value is -0.860. The maximum absolute atomic E-state index is 5.56. The second-order valence-corrected chi connectivity index (χ2v) is 4.50. The summed E-state index contributed by atoms with van der Waals surface area (Å²) >= 11 is 0. The molecule has 1 aromatic carbocycles. The van der Waals surface area contributed by atoms with Crippen LogP contribution >= 0.6 is 0 Å². The van der Waals surface area contributed by atoms with E-state index in [1.165, 1.54) is 18.4 Å². The number of benzene rings is 1. The third-order valence-electron chi connectivity index (χ3n) is 3.16. The molecule has 2 N–H and O–H groups in total. The van der Waals surface area contributed by atoms with Gasteiger partial charge >= 0.3 is 0 Å². The van der Waals surface area contributed by atoms with Crippen LogP contribution in [0.3, 0.4) is 0 Å². The lowest BCUT2D eigenvalue weighted by Gasteiger charge is -2.24. The van der Waals surface area contributed by atoms with E-state index in [1.807, 2.05) is 0 Å². The zero-order valence-electron chi connectivity index (χ0n) is 10.5. The van der Waals surface area contributed by atoms with Gasteiger partial charge in [0.15, 0.2) is 0 Å². The number of nitrogens with zero attached hydrogens (tertiary/aromatic N) is 1. The Bertz CT molecular complexity index is 271. The van der Waals surface area contributed by atoms with Gasteiger partial charge in [-0.25, -0.2) is 0 Å². The van der Waals surface area contributed by atoms with Crippen molar-refractivity contribution in [1.29, 1.82) is 0 Å². The first-order valence-electron chi connectivity index (χ1n) is 6.18. The van der Waals surface area contributed by atoms with E-state index in [9.17, 15) is 0 Å². The normalized spacial score (nSPS) is 13.0. The molecule has 2 heteroatoms. The molecular weight excluding hydrogens is 196 g/mol. The molecule has 1 unspecified atom stereocenters. The summed E-state index contributed by atoms with van der Waals surface area (Å²) in [5.74, 6) is 0. The van der Waals surface area contributed by atoms with Crippen LogP contribution < -0.4 is 5.73 Å². The van der Waals surface area contributed by atoms with E-state index in [4.69, 9.17) is 5.73 Å². The van der Waals surface area contributed by atoms with Crippen LogP contribution in [0.2, 0.25) is 0 Å². The molecule has 90 valence electrons. The van der Waals surface area contributed by atoms with Gasteiger partial charge in [-0.1, -0.05) is 30.3 Å². The van der Waals surface area contributed by atoms with Gasteiger partial charge < -0.3 is 10.6 Å². The molecule has 0 aliphatic rings. The fraction of sp³-hybridized carbons (Fsp3) is 0.571. The predicted octanol–water partition coefficient (Wildman–Crippen LogP) is 2.29. The second-order valence-electron chi connectivity index (χ2n) is 4.50. The van der Waals surface area contributed by atoms with Crippen LogP contribution in [0.4, 0.5) is 0 Å². The molecule has 2 nitrogen and oxygen atoms in total. The summed E-state index contributed by atoms with van der Waals surface area (Å²) in [4.78, 5) is 2.40. The topological polar surface area (TPSA) is 29.3 Å². The molecule has 0 aliphatic heterocycles. The van der Waals surface area contributed by atoms with Crippen molar-refractivity contribution in [3.63, 3.8) is 0 Å². The summed E-state index contributed by atoms with van der Waals surface area (Å²) in [6, 6.07) is 11.3. The van der Waals surface area contributed by atoms with Crippen LogP contribution in [0.25, 0.3) is 0 Å². The van der Waals surface area contributed by atoms with Crippen molar-refractivity contribution in [1.82, 2.24) is 4.90 Å². The number of nitrogens with two attached hydrogens (primary N) is 1. The molecule has 0 heterocycles. The van der Waals surface area contributed by atoms with Crippen molar-refractivity contribution < 1.29 is 0 Å². The van der Waals surface area contributed by atoms with Gasteiger partial charge in [-0.15, -0.1) is 0 Å². The van der Waals surface area contributed by atoms with Crippen molar-refractivity contribution in [2.75, 3.05) is 20.1 Å². The smallest absolute Gasteiger partial charge is 0.00758 e. The standard InChI is InChI=1S/C14H24N2/c1-13(10-11-15)16(2)12-6-9-14-7-4-3-5-8-14/h3-5,7-8,13H,6,9-12,15H2,1-2H3. The molecule has 0 fully saturated rings. The lowest BCUT2D eigenvalue weighted by molar-refractivity contribution is 0.246. The Kier molecular flexibility index (Phi) is 6.12. The molecule has 16 heavy (non-hydrogen) atoms. The van der Waals surface area contributed by atoms with Crippen molar-refractivity contribution in [2.24, 2.45) is 5.73 Å². The highest BCUT2D eigenvalue weighted by Gasteiger charge is 2.07. The van der Waals surface area contributed by atoms with E-state index in [-0.39, 0.29) is 0 Å². The number of rotatable bonds is 7. The third-order valence-corrected chi connectivity index (χ3v) is 3.16. The summed E-state index contributed by atoms with van der Waals surface area (Å²) in [5, 5.41) is 0. The first-order valence-corrected chi connectivity index (χ1v) is 6.18. The van der Waals surface area contributed by atoms with Crippen LogP contribution in [0, 0.1) is 0 Å². The maximum atomic E-state index is 5.56. The summed E-state index contributed by atoms with van der Waals surface area (Å²) in [7, 11) is 2.19. The van der Waals surface area contributed by atoms with Crippen molar-refractivity contribution in [3.8, 4) is 0 Å². The van der Waals surface area contributed by atoms with E-state index in [0.717, 1.165) is 19.5 Å². The molecule has 0 amide bonds. The summed E-state index contributed by atoms with van der Waals surface area (Å²) in [6.45, 7) is 4.18. The minimum absolute atomic E-state index is 0.598.